The summed E-state index contributed by atoms with van der Waals surface area (Å²) < 4.78 is 7.17. The molecule has 0 N–H and O–H groups in total. The van der Waals surface area contributed by atoms with Crippen LogP contribution in [0.3, 0.4) is 0 Å². The molecule has 0 amide bonds. The molecule has 0 aliphatic heterocycles. The standard InChI is InChI=1S/C13H8Br2ClNO2/c14-9-4-13(12(6-18)17-5-9)19-7-8-1-2-10(15)11(16)3-8/h1-6H,7H2. The Morgan fingerprint density at radius 2 is 2.11 bits per heavy atom. The highest BCUT2D eigenvalue weighted by molar-refractivity contribution is 9.10. The minimum Gasteiger partial charge on any atom is -0.486 e. The predicted octanol–water partition coefficient (Wildman–Crippen LogP) is 4.65. The molecule has 3 nitrogen and oxygen atoms in total. The number of hydrogen-bond donors (Lipinski definition) is 0. The number of aromatic nitrogens is 1. The van der Waals surface area contributed by atoms with E-state index in [2.05, 4.69) is 36.8 Å². The van der Waals surface area contributed by atoms with E-state index in [1.165, 1.54) is 0 Å². The third-order valence-electron chi connectivity index (χ3n) is 2.34. The maximum absolute atomic E-state index is 10.9. The molecule has 0 radical (unpaired) electrons. The SMILES string of the molecule is O=Cc1ncc(Br)cc1OCc1ccc(Br)c(Cl)c1. The summed E-state index contributed by atoms with van der Waals surface area (Å²) in [5.74, 6) is 0.434. The van der Waals surface area contributed by atoms with Crippen molar-refractivity contribution in [3.8, 4) is 5.75 Å². The van der Waals surface area contributed by atoms with Gasteiger partial charge < -0.3 is 4.74 Å². The second kappa shape index (κ2) is 6.50. The van der Waals surface area contributed by atoms with Gasteiger partial charge in [0, 0.05) is 15.1 Å². The van der Waals surface area contributed by atoms with Crippen LogP contribution in [0.25, 0.3) is 0 Å². The number of hydrogen-bond acceptors (Lipinski definition) is 3. The number of halogens is 3. The number of ether oxygens (including phenoxy) is 1. The smallest absolute Gasteiger partial charge is 0.172 e. The lowest BCUT2D eigenvalue weighted by Gasteiger charge is -2.09. The van der Waals surface area contributed by atoms with Crippen molar-refractivity contribution in [2.45, 2.75) is 6.61 Å². The fraction of sp³-hybridized carbons (Fsp3) is 0.0769. The van der Waals surface area contributed by atoms with Crippen molar-refractivity contribution in [1.82, 2.24) is 4.98 Å². The summed E-state index contributed by atoms with van der Waals surface area (Å²) >= 11 is 12.6. The van der Waals surface area contributed by atoms with Gasteiger partial charge >= 0.3 is 0 Å². The summed E-state index contributed by atoms with van der Waals surface area (Å²) in [5.41, 5.74) is 1.18. The van der Waals surface area contributed by atoms with Crippen LogP contribution in [0.2, 0.25) is 5.02 Å². The van der Waals surface area contributed by atoms with Crippen molar-refractivity contribution in [1.29, 1.82) is 0 Å². The largest absolute Gasteiger partial charge is 0.486 e. The highest BCUT2D eigenvalue weighted by Crippen LogP contribution is 2.25. The van der Waals surface area contributed by atoms with Gasteiger partial charge in [0.25, 0.3) is 0 Å². The van der Waals surface area contributed by atoms with Crippen LogP contribution in [0.15, 0.2) is 39.4 Å². The molecule has 98 valence electrons. The van der Waals surface area contributed by atoms with Crippen molar-refractivity contribution in [2.75, 3.05) is 0 Å². The van der Waals surface area contributed by atoms with Crippen molar-refractivity contribution in [2.24, 2.45) is 0 Å². The molecule has 2 aromatic rings. The minimum absolute atomic E-state index is 0.270. The van der Waals surface area contributed by atoms with Crippen LogP contribution in [0.4, 0.5) is 0 Å². The minimum atomic E-state index is 0.270. The van der Waals surface area contributed by atoms with Crippen LogP contribution in [0.1, 0.15) is 16.1 Å². The number of aldehydes is 1. The second-order valence-electron chi connectivity index (χ2n) is 3.69. The van der Waals surface area contributed by atoms with E-state index in [1.54, 1.807) is 18.3 Å². The summed E-state index contributed by atoms with van der Waals surface area (Å²) in [6.45, 7) is 0.311. The molecule has 0 saturated carbocycles. The van der Waals surface area contributed by atoms with E-state index >= 15 is 0 Å². The molecule has 0 unspecified atom stereocenters. The Balaban J connectivity index is 2.16. The molecular weight excluding hydrogens is 397 g/mol. The molecule has 0 aliphatic rings. The molecule has 0 saturated heterocycles. The molecule has 1 aromatic heterocycles. The van der Waals surface area contributed by atoms with Gasteiger partial charge in [-0.05, 0) is 55.6 Å². The number of pyridine rings is 1. The quantitative estimate of drug-likeness (QED) is 0.695. The van der Waals surface area contributed by atoms with E-state index in [-0.39, 0.29) is 5.69 Å². The highest BCUT2D eigenvalue weighted by atomic mass is 79.9. The second-order valence-corrected chi connectivity index (χ2v) is 5.87. The van der Waals surface area contributed by atoms with E-state index in [0.29, 0.717) is 23.7 Å². The number of carbonyl (C=O) groups is 1. The Hall–Kier alpha value is -0.910. The third-order valence-corrected chi connectivity index (χ3v) is 4.00. The van der Waals surface area contributed by atoms with Gasteiger partial charge in [0.2, 0.25) is 0 Å². The van der Waals surface area contributed by atoms with Gasteiger partial charge in [-0.15, -0.1) is 0 Å². The van der Waals surface area contributed by atoms with E-state index in [9.17, 15) is 4.79 Å². The average molecular weight is 405 g/mol. The lowest BCUT2D eigenvalue weighted by molar-refractivity contribution is 0.111. The number of carbonyl (C=O) groups excluding carboxylic acids is 1. The third kappa shape index (κ3) is 3.78. The lowest BCUT2D eigenvalue weighted by atomic mass is 10.2. The predicted molar refractivity (Wildman–Crippen MR) is 80.8 cm³/mol. The Labute approximate surface area is 132 Å². The molecule has 0 aliphatic carbocycles. The van der Waals surface area contributed by atoms with Crippen molar-refractivity contribution in [3.63, 3.8) is 0 Å². The van der Waals surface area contributed by atoms with Gasteiger partial charge in [0.05, 0.1) is 5.02 Å². The first-order chi connectivity index (χ1) is 9.10. The molecule has 1 aromatic carbocycles. The molecule has 0 bridgehead atoms. The van der Waals surface area contributed by atoms with Gasteiger partial charge in [-0.25, -0.2) is 4.98 Å². The molecule has 0 fully saturated rings. The summed E-state index contributed by atoms with van der Waals surface area (Å²) in [6, 6.07) is 7.25. The van der Waals surface area contributed by atoms with Crippen LogP contribution in [-0.4, -0.2) is 11.3 Å². The molecule has 1 heterocycles. The summed E-state index contributed by atoms with van der Waals surface area (Å²) in [5, 5.41) is 0.615. The maximum atomic E-state index is 10.9. The zero-order valence-corrected chi connectivity index (χ0v) is 13.5. The van der Waals surface area contributed by atoms with E-state index in [4.69, 9.17) is 16.3 Å². The van der Waals surface area contributed by atoms with Gasteiger partial charge in [-0.3, -0.25) is 4.79 Å². The first-order valence-corrected chi connectivity index (χ1v) is 7.24. The number of rotatable bonds is 4. The van der Waals surface area contributed by atoms with Gasteiger partial charge in [0.1, 0.15) is 18.1 Å². The topological polar surface area (TPSA) is 39.2 Å². The molecular formula is C13H8Br2ClNO2. The van der Waals surface area contributed by atoms with Crippen LogP contribution >= 0.6 is 43.5 Å². The van der Waals surface area contributed by atoms with Crippen molar-refractivity contribution >= 4 is 49.7 Å². The van der Waals surface area contributed by atoms with E-state index in [0.717, 1.165) is 14.5 Å². The van der Waals surface area contributed by atoms with Crippen LogP contribution in [0.5, 0.6) is 5.75 Å². The van der Waals surface area contributed by atoms with Crippen molar-refractivity contribution < 1.29 is 9.53 Å². The fourth-order valence-corrected chi connectivity index (χ4v) is 2.19. The Morgan fingerprint density at radius 3 is 2.79 bits per heavy atom. The zero-order chi connectivity index (χ0) is 13.8. The number of nitrogens with zero attached hydrogens (tertiary/aromatic N) is 1. The molecule has 6 heteroatoms. The van der Waals surface area contributed by atoms with Crippen molar-refractivity contribution in [3.05, 3.63) is 55.7 Å². The Kier molecular flexibility index (Phi) is 4.96. The van der Waals surface area contributed by atoms with E-state index in [1.807, 2.05) is 12.1 Å². The van der Waals surface area contributed by atoms with Crippen LogP contribution < -0.4 is 4.74 Å². The lowest BCUT2D eigenvalue weighted by Crippen LogP contribution is -2.00. The van der Waals surface area contributed by atoms with Crippen LogP contribution in [-0.2, 0) is 6.61 Å². The molecule has 0 spiro atoms. The normalized spacial score (nSPS) is 10.3. The zero-order valence-electron chi connectivity index (χ0n) is 9.57. The van der Waals surface area contributed by atoms with Gasteiger partial charge in [-0.2, -0.15) is 0 Å². The molecule has 2 rings (SSSR count). The fourth-order valence-electron chi connectivity index (χ4n) is 1.43. The summed E-state index contributed by atoms with van der Waals surface area (Å²) in [4.78, 5) is 14.8. The maximum Gasteiger partial charge on any atom is 0.172 e. The Bertz CT molecular complexity index is 620. The van der Waals surface area contributed by atoms with Crippen LogP contribution in [0, 0.1) is 0 Å². The first kappa shape index (κ1) is 14.5. The summed E-state index contributed by atoms with van der Waals surface area (Å²) in [6.07, 6.45) is 2.21. The highest BCUT2D eigenvalue weighted by Gasteiger charge is 2.06. The average Bonchev–Trinajstić information content (AvgIpc) is 2.40. The monoisotopic (exact) mass is 403 g/mol. The molecule has 19 heavy (non-hydrogen) atoms. The summed E-state index contributed by atoms with van der Waals surface area (Å²) in [7, 11) is 0. The Morgan fingerprint density at radius 1 is 1.32 bits per heavy atom. The number of benzene rings is 1. The van der Waals surface area contributed by atoms with Gasteiger partial charge in [-0.1, -0.05) is 17.7 Å². The molecule has 0 atom stereocenters. The first-order valence-electron chi connectivity index (χ1n) is 5.27. The van der Waals surface area contributed by atoms with Gasteiger partial charge in [0.15, 0.2) is 6.29 Å². The van der Waals surface area contributed by atoms with E-state index < -0.39 is 0 Å².